The van der Waals surface area contributed by atoms with Gasteiger partial charge in [-0.15, -0.1) is 0 Å². The fraction of sp³-hybridized carbons (Fsp3) is 1.00. The normalized spacial score (nSPS) is 11.9. The third kappa shape index (κ3) is 18.5. The molecule has 0 N–H and O–H groups in total. The molecule has 154 valence electrons. The van der Waals surface area contributed by atoms with E-state index in [0.29, 0.717) is 6.42 Å². The van der Waals surface area contributed by atoms with Crippen LogP contribution in [0.2, 0.25) is 0 Å². The third-order valence-electron chi connectivity index (χ3n) is 4.69. The first-order valence-corrected chi connectivity index (χ1v) is 12.2. The SMILES string of the molecule is CCCCS(=O)(=O)[O-].CCCC[N+](CCCC)(CCCC)CCCC. The smallest absolute Gasteiger partial charge is 0.0945 e. The molecule has 0 aliphatic heterocycles. The molecule has 0 bridgehead atoms. The van der Waals surface area contributed by atoms with E-state index in [1.54, 1.807) is 0 Å². The molecule has 0 aliphatic rings. The second-order valence-electron chi connectivity index (χ2n) is 7.27. The van der Waals surface area contributed by atoms with Gasteiger partial charge in [-0.2, -0.15) is 0 Å². The zero-order valence-corrected chi connectivity index (χ0v) is 18.5. The van der Waals surface area contributed by atoms with Gasteiger partial charge in [-0.1, -0.05) is 66.7 Å². The fourth-order valence-corrected chi connectivity index (χ4v) is 3.61. The number of nitrogens with zero attached hydrogens (tertiary/aromatic N) is 1. The minimum Gasteiger partial charge on any atom is -0.748 e. The second kappa shape index (κ2) is 17.3. The second-order valence-corrected chi connectivity index (χ2v) is 8.79. The number of quaternary nitrogens is 1. The molecule has 0 aromatic rings. The van der Waals surface area contributed by atoms with E-state index in [1.165, 1.54) is 82.0 Å². The van der Waals surface area contributed by atoms with Crippen LogP contribution in [0.1, 0.15) is 98.8 Å². The van der Waals surface area contributed by atoms with Crippen molar-refractivity contribution in [3.63, 3.8) is 0 Å². The van der Waals surface area contributed by atoms with Crippen molar-refractivity contribution in [2.75, 3.05) is 31.9 Å². The highest BCUT2D eigenvalue weighted by Crippen LogP contribution is 2.16. The Labute approximate surface area is 158 Å². The number of unbranched alkanes of at least 4 members (excludes halogenated alkanes) is 5. The van der Waals surface area contributed by atoms with Gasteiger partial charge in [-0.3, -0.25) is 0 Å². The Bertz CT molecular complexity index is 332. The van der Waals surface area contributed by atoms with Crippen molar-refractivity contribution in [3.05, 3.63) is 0 Å². The molecule has 0 spiro atoms. The molecule has 0 aliphatic carbocycles. The lowest BCUT2D eigenvalue weighted by Gasteiger charge is -2.39. The van der Waals surface area contributed by atoms with Crippen LogP contribution in [0, 0.1) is 0 Å². The monoisotopic (exact) mass is 379 g/mol. The zero-order valence-electron chi connectivity index (χ0n) is 17.7. The Kier molecular flexibility index (Phi) is 18.7. The van der Waals surface area contributed by atoms with E-state index < -0.39 is 10.1 Å². The van der Waals surface area contributed by atoms with Crippen LogP contribution in [0.5, 0.6) is 0 Å². The van der Waals surface area contributed by atoms with E-state index in [2.05, 4.69) is 27.7 Å². The molecule has 0 saturated carbocycles. The van der Waals surface area contributed by atoms with E-state index in [4.69, 9.17) is 0 Å². The average Bonchev–Trinajstić information content (AvgIpc) is 2.58. The molecular weight excluding hydrogens is 334 g/mol. The largest absolute Gasteiger partial charge is 0.748 e. The van der Waals surface area contributed by atoms with Crippen molar-refractivity contribution in [3.8, 4) is 0 Å². The van der Waals surface area contributed by atoms with Crippen LogP contribution in [0.3, 0.4) is 0 Å². The summed E-state index contributed by atoms with van der Waals surface area (Å²) >= 11 is 0. The standard InChI is InChI=1S/C16H36N.C4H10O3S/c1-5-9-13-17(14-10-6-2,15-11-7-3)16-12-8-4;1-2-3-4-8(5,6)7/h5-16H2,1-4H3;2-4H2,1H3,(H,5,6,7)/q+1;/p-1. The van der Waals surface area contributed by atoms with Crippen molar-refractivity contribution in [1.82, 2.24) is 0 Å². The molecule has 0 atom stereocenters. The molecule has 0 aromatic carbocycles. The van der Waals surface area contributed by atoms with Gasteiger partial charge in [0.15, 0.2) is 0 Å². The molecule has 0 aromatic heterocycles. The Morgan fingerprint density at radius 2 is 0.880 bits per heavy atom. The predicted octanol–water partition coefficient (Wildman–Crippen LogP) is 5.34. The highest BCUT2D eigenvalue weighted by Gasteiger charge is 2.24. The van der Waals surface area contributed by atoms with Crippen LogP contribution in [0.15, 0.2) is 0 Å². The summed E-state index contributed by atoms with van der Waals surface area (Å²) in [5.74, 6) is -0.219. The third-order valence-corrected chi connectivity index (χ3v) is 5.48. The quantitative estimate of drug-likeness (QED) is 0.285. The summed E-state index contributed by atoms with van der Waals surface area (Å²) in [6.45, 7) is 16.9. The summed E-state index contributed by atoms with van der Waals surface area (Å²) in [6.07, 6.45) is 12.3. The lowest BCUT2D eigenvalue weighted by molar-refractivity contribution is -0.929. The Morgan fingerprint density at radius 1 is 0.600 bits per heavy atom. The first-order valence-electron chi connectivity index (χ1n) is 10.6. The van der Waals surface area contributed by atoms with Crippen LogP contribution in [-0.2, 0) is 10.1 Å². The van der Waals surface area contributed by atoms with Crippen molar-refractivity contribution >= 4 is 10.1 Å². The maximum atomic E-state index is 9.83. The Balaban J connectivity index is 0. The van der Waals surface area contributed by atoms with E-state index in [9.17, 15) is 13.0 Å². The lowest BCUT2D eigenvalue weighted by Crippen LogP contribution is -2.50. The number of hydrogen-bond donors (Lipinski definition) is 0. The van der Waals surface area contributed by atoms with Crippen LogP contribution in [-0.4, -0.2) is 49.4 Å². The first-order chi connectivity index (χ1) is 11.8. The van der Waals surface area contributed by atoms with Gasteiger partial charge in [0, 0.05) is 5.75 Å². The molecule has 25 heavy (non-hydrogen) atoms. The molecule has 0 amide bonds. The van der Waals surface area contributed by atoms with Gasteiger partial charge in [0.05, 0.1) is 36.3 Å². The Morgan fingerprint density at radius 3 is 1.04 bits per heavy atom. The highest BCUT2D eigenvalue weighted by atomic mass is 32.2. The lowest BCUT2D eigenvalue weighted by atomic mass is 10.1. The van der Waals surface area contributed by atoms with Crippen molar-refractivity contribution in [1.29, 1.82) is 0 Å². The summed E-state index contributed by atoms with van der Waals surface area (Å²) in [6, 6.07) is 0. The van der Waals surface area contributed by atoms with Crippen molar-refractivity contribution in [2.45, 2.75) is 98.8 Å². The molecular formula is C20H45NO3S. The fourth-order valence-electron chi connectivity index (χ4n) is 2.97. The molecule has 0 rings (SSSR count). The zero-order chi connectivity index (χ0) is 19.6. The van der Waals surface area contributed by atoms with E-state index in [-0.39, 0.29) is 5.75 Å². The maximum Gasteiger partial charge on any atom is 0.0945 e. The number of rotatable bonds is 15. The molecule has 0 heterocycles. The van der Waals surface area contributed by atoms with E-state index >= 15 is 0 Å². The van der Waals surface area contributed by atoms with E-state index in [1.807, 2.05) is 6.92 Å². The molecule has 0 unspecified atom stereocenters. The maximum absolute atomic E-state index is 9.83. The summed E-state index contributed by atoms with van der Waals surface area (Å²) in [7, 11) is -3.94. The minimum absolute atomic E-state index is 0.219. The van der Waals surface area contributed by atoms with Crippen LogP contribution in [0.4, 0.5) is 0 Å². The summed E-state index contributed by atoms with van der Waals surface area (Å²) in [5.41, 5.74) is 0. The van der Waals surface area contributed by atoms with Gasteiger partial charge in [-0.25, -0.2) is 8.42 Å². The van der Waals surface area contributed by atoms with Gasteiger partial charge in [0.2, 0.25) is 0 Å². The average molecular weight is 380 g/mol. The van der Waals surface area contributed by atoms with Gasteiger partial charge < -0.3 is 9.04 Å². The topological polar surface area (TPSA) is 57.2 Å². The summed E-state index contributed by atoms with van der Waals surface area (Å²) < 4.78 is 30.9. The van der Waals surface area contributed by atoms with Crippen LogP contribution >= 0.6 is 0 Å². The number of hydrogen-bond acceptors (Lipinski definition) is 3. The van der Waals surface area contributed by atoms with Crippen LogP contribution in [0.25, 0.3) is 0 Å². The highest BCUT2D eigenvalue weighted by molar-refractivity contribution is 7.85. The van der Waals surface area contributed by atoms with E-state index in [0.717, 1.165) is 6.42 Å². The molecule has 0 saturated heterocycles. The van der Waals surface area contributed by atoms with Crippen LogP contribution < -0.4 is 0 Å². The summed E-state index contributed by atoms with van der Waals surface area (Å²) in [5, 5.41) is 0. The molecule has 5 heteroatoms. The van der Waals surface area contributed by atoms with Gasteiger partial charge in [0.25, 0.3) is 0 Å². The molecule has 4 nitrogen and oxygen atoms in total. The van der Waals surface area contributed by atoms with Gasteiger partial charge >= 0.3 is 0 Å². The molecule has 0 radical (unpaired) electrons. The summed E-state index contributed by atoms with van der Waals surface area (Å²) in [4.78, 5) is 0. The predicted molar refractivity (Wildman–Crippen MR) is 109 cm³/mol. The van der Waals surface area contributed by atoms with Gasteiger partial charge in [-0.05, 0) is 32.1 Å². The van der Waals surface area contributed by atoms with Gasteiger partial charge in [0.1, 0.15) is 0 Å². The van der Waals surface area contributed by atoms with Crippen molar-refractivity contribution in [2.24, 2.45) is 0 Å². The first kappa shape index (κ1) is 27.1. The van der Waals surface area contributed by atoms with Crippen molar-refractivity contribution < 1.29 is 17.5 Å². The molecule has 0 fully saturated rings. The Hall–Kier alpha value is -0.130. The minimum atomic E-state index is -3.94.